The van der Waals surface area contributed by atoms with Crippen molar-refractivity contribution in [1.29, 1.82) is 0 Å². The van der Waals surface area contributed by atoms with Gasteiger partial charge in [0.2, 0.25) is 4.80 Å². The Balaban J connectivity index is 2.23. The number of phenols is 2. The van der Waals surface area contributed by atoms with Gasteiger partial charge in [0.1, 0.15) is 17.2 Å². The van der Waals surface area contributed by atoms with Gasteiger partial charge in [-0.15, -0.1) is 16.4 Å². The first-order valence-electron chi connectivity index (χ1n) is 6.43. The van der Waals surface area contributed by atoms with Gasteiger partial charge in [-0.25, -0.2) is 4.79 Å². The molecule has 0 aliphatic rings. The Morgan fingerprint density at radius 2 is 2.23 bits per heavy atom. The summed E-state index contributed by atoms with van der Waals surface area (Å²) in [5.74, 6) is -0.542. The van der Waals surface area contributed by atoms with Crippen LogP contribution in [0.3, 0.4) is 0 Å². The van der Waals surface area contributed by atoms with Gasteiger partial charge in [-0.3, -0.25) is 0 Å². The summed E-state index contributed by atoms with van der Waals surface area (Å²) in [5, 5.41) is 28.3. The highest BCUT2D eigenvalue weighted by molar-refractivity contribution is 7.07. The second-order valence-corrected chi connectivity index (χ2v) is 5.11. The molecule has 1 heterocycles. The zero-order valence-corrected chi connectivity index (χ0v) is 12.9. The SMILES string of the molecule is CCOC(=O)c1csc(=N/N=C/c2ccc(O)cc2O)n1C. The van der Waals surface area contributed by atoms with E-state index in [1.165, 1.54) is 35.8 Å². The molecule has 8 heteroatoms. The Morgan fingerprint density at radius 3 is 2.91 bits per heavy atom. The van der Waals surface area contributed by atoms with Crippen molar-refractivity contribution in [2.45, 2.75) is 6.92 Å². The molecule has 2 N–H and O–H groups in total. The van der Waals surface area contributed by atoms with Crippen LogP contribution in [0.25, 0.3) is 0 Å². The third-order valence-electron chi connectivity index (χ3n) is 2.76. The van der Waals surface area contributed by atoms with Crippen molar-refractivity contribution >= 4 is 23.5 Å². The molecule has 2 aromatic rings. The molecular formula is C14H15N3O4S. The monoisotopic (exact) mass is 321 g/mol. The number of ether oxygens (including phenoxy) is 1. The molecule has 0 amide bonds. The number of carbonyl (C=O) groups is 1. The predicted octanol–water partition coefficient (Wildman–Crippen LogP) is 1.61. The van der Waals surface area contributed by atoms with Crippen molar-refractivity contribution in [1.82, 2.24) is 4.57 Å². The highest BCUT2D eigenvalue weighted by Gasteiger charge is 2.11. The Morgan fingerprint density at radius 1 is 1.45 bits per heavy atom. The number of carbonyl (C=O) groups excluding carboxylic acids is 1. The number of aromatic hydroxyl groups is 2. The van der Waals surface area contributed by atoms with E-state index in [1.807, 2.05) is 0 Å². The van der Waals surface area contributed by atoms with E-state index in [-0.39, 0.29) is 11.5 Å². The zero-order valence-electron chi connectivity index (χ0n) is 12.1. The summed E-state index contributed by atoms with van der Waals surface area (Å²) < 4.78 is 6.51. The number of esters is 1. The van der Waals surface area contributed by atoms with Crippen LogP contribution in [0.2, 0.25) is 0 Å². The van der Waals surface area contributed by atoms with Crippen molar-refractivity contribution in [2.75, 3.05) is 6.61 Å². The number of hydrogen-bond donors (Lipinski definition) is 2. The average molecular weight is 321 g/mol. The molecule has 0 spiro atoms. The molecule has 116 valence electrons. The lowest BCUT2D eigenvalue weighted by molar-refractivity contribution is 0.0515. The van der Waals surface area contributed by atoms with Crippen molar-refractivity contribution in [2.24, 2.45) is 17.3 Å². The van der Waals surface area contributed by atoms with Crippen LogP contribution < -0.4 is 4.80 Å². The molecule has 0 atom stereocenters. The van der Waals surface area contributed by atoms with Gasteiger partial charge in [-0.05, 0) is 19.1 Å². The second kappa shape index (κ2) is 6.90. The molecule has 0 unspecified atom stereocenters. The van der Waals surface area contributed by atoms with Crippen LogP contribution in [0, 0.1) is 0 Å². The van der Waals surface area contributed by atoms with Gasteiger partial charge in [-0.1, -0.05) is 0 Å². The Bertz CT molecular complexity index is 777. The summed E-state index contributed by atoms with van der Waals surface area (Å²) in [5.41, 5.74) is 0.819. The largest absolute Gasteiger partial charge is 0.508 e. The summed E-state index contributed by atoms with van der Waals surface area (Å²) in [6.45, 7) is 2.05. The predicted molar refractivity (Wildman–Crippen MR) is 82.2 cm³/mol. The molecule has 0 saturated heterocycles. The number of benzene rings is 1. The van der Waals surface area contributed by atoms with Crippen LogP contribution in [0.4, 0.5) is 0 Å². The number of rotatable bonds is 4. The van der Waals surface area contributed by atoms with E-state index in [1.54, 1.807) is 23.9 Å². The van der Waals surface area contributed by atoms with E-state index in [4.69, 9.17) is 4.74 Å². The van der Waals surface area contributed by atoms with E-state index in [2.05, 4.69) is 10.2 Å². The van der Waals surface area contributed by atoms with E-state index < -0.39 is 5.97 Å². The van der Waals surface area contributed by atoms with Crippen molar-refractivity contribution in [3.8, 4) is 11.5 Å². The van der Waals surface area contributed by atoms with Gasteiger partial charge < -0.3 is 19.5 Å². The van der Waals surface area contributed by atoms with Gasteiger partial charge >= 0.3 is 5.97 Å². The second-order valence-electron chi connectivity index (χ2n) is 4.27. The fraction of sp³-hybridized carbons (Fsp3) is 0.214. The van der Waals surface area contributed by atoms with E-state index in [9.17, 15) is 15.0 Å². The van der Waals surface area contributed by atoms with Crippen LogP contribution in [0.15, 0.2) is 33.8 Å². The maximum absolute atomic E-state index is 11.7. The fourth-order valence-electron chi connectivity index (χ4n) is 1.63. The van der Waals surface area contributed by atoms with Crippen molar-refractivity contribution in [3.05, 3.63) is 39.6 Å². The zero-order chi connectivity index (χ0) is 16.1. The lowest BCUT2D eigenvalue weighted by Gasteiger charge is -2.01. The smallest absolute Gasteiger partial charge is 0.355 e. The van der Waals surface area contributed by atoms with Crippen LogP contribution in [-0.2, 0) is 11.8 Å². The summed E-state index contributed by atoms with van der Waals surface area (Å²) in [7, 11) is 1.69. The van der Waals surface area contributed by atoms with Crippen LogP contribution >= 0.6 is 11.3 Å². The van der Waals surface area contributed by atoms with E-state index >= 15 is 0 Å². The fourth-order valence-corrected chi connectivity index (χ4v) is 2.45. The van der Waals surface area contributed by atoms with Gasteiger partial charge in [-0.2, -0.15) is 5.10 Å². The number of thiazole rings is 1. The molecule has 0 saturated carbocycles. The minimum Gasteiger partial charge on any atom is -0.508 e. The van der Waals surface area contributed by atoms with Gasteiger partial charge in [0.15, 0.2) is 0 Å². The minimum absolute atomic E-state index is 0.0321. The molecular weight excluding hydrogens is 306 g/mol. The summed E-state index contributed by atoms with van der Waals surface area (Å²) in [6, 6.07) is 4.17. The molecule has 22 heavy (non-hydrogen) atoms. The molecule has 0 fully saturated rings. The molecule has 1 aromatic heterocycles. The number of phenolic OH excluding ortho intramolecular Hbond substituents is 2. The lowest BCUT2D eigenvalue weighted by Crippen LogP contribution is -2.17. The van der Waals surface area contributed by atoms with Crippen molar-refractivity contribution < 1.29 is 19.7 Å². The van der Waals surface area contributed by atoms with Gasteiger partial charge in [0, 0.05) is 24.1 Å². The van der Waals surface area contributed by atoms with E-state index in [0.29, 0.717) is 22.7 Å². The van der Waals surface area contributed by atoms with Crippen LogP contribution in [0.5, 0.6) is 11.5 Å². The highest BCUT2D eigenvalue weighted by atomic mass is 32.1. The van der Waals surface area contributed by atoms with Crippen LogP contribution in [-0.4, -0.2) is 33.6 Å². The third kappa shape index (κ3) is 3.53. The van der Waals surface area contributed by atoms with Gasteiger partial charge in [0.25, 0.3) is 0 Å². The number of hydrogen-bond acceptors (Lipinski definition) is 7. The topological polar surface area (TPSA) is 96.4 Å². The Kier molecular flexibility index (Phi) is 4.95. The Labute approximate surface area is 130 Å². The normalized spacial score (nSPS) is 12.0. The number of nitrogens with zero attached hydrogens (tertiary/aromatic N) is 3. The first-order valence-corrected chi connectivity index (χ1v) is 7.31. The molecule has 0 bridgehead atoms. The summed E-state index contributed by atoms with van der Waals surface area (Å²) in [6.07, 6.45) is 1.36. The van der Waals surface area contributed by atoms with E-state index in [0.717, 1.165) is 0 Å². The standard InChI is InChI=1S/C14H15N3O4S/c1-3-21-13(20)11-8-22-14(17(11)2)16-15-7-9-4-5-10(18)6-12(9)19/h4-8,18-19H,3H2,1-2H3/b15-7+,16-14?. The quantitative estimate of drug-likeness (QED) is 0.508. The van der Waals surface area contributed by atoms with Crippen molar-refractivity contribution in [3.63, 3.8) is 0 Å². The lowest BCUT2D eigenvalue weighted by atomic mass is 10.2. The Hall–Kier alpha value is -2.61. The molecule has 0 aliphatic heterocycles. The summed E-state index contributed by atoms with van der Waals surface area (Å²) >= 11 is 1.25. The molecule has 7 nitrogen and oxygen atoms in total. The third-order valence-corrected chi connectivity index (χ3v) is 3.67. The molecule has 0 aliphatic carbocycles. The first-order chi connectivity index (χ1) is 10.5. The number of aromatic nitrogens is 1. The van der Waals surface area contributed by atoms with Gasteiger partial charge in [0.05, 0.1) is 12.8 Å². The average Bonchev–Trinajstić information content (AvgIpc) is 2.83. The minimum atomic E-state index is -0.414. The maximum atomic E-state index is 11.7. The molecule has 2 rings (SSSR count). The first kappa shape index (κ1) is 15.8. The molecule has 1 aromatic carbocycles. The highest BCUT2D eigenvalue weighted by Crippen LogP contribution is 2.20. The maximum Gasteiger partial charge on any atom is 0.355 e. The summed E-state index contributed by atoms with van der Waals surface area (Å²) in [4.78, 5) is 12.2. The molecule has 0 radical (unpaired) electrons. The van der Waals surface area contributed by atoms with Crippen LogP contribution in [0.1, 0.15) is 23.0 Å².